The lowest BCUT2D eigenvalue weighted by atomic mass is 10.00. The molecule has 1 aliphatic rings. The summed E-state index contributed by atoms with van der Waals surface area (Å²) in [6, 6.07) is 72.9. The molecule has 0 saturated heterocycles. The van der Waals surface area contributed by atoms with Crippen LogP contribution in [-0.4, -0.2) is 12.5 Å². The predicted molar refractivity (Wildman–Crippen MR) is 263 cm³/mol. The fourth-order valence-electron chi connectivity index (χ4n) is 10.7. The van der Waals surface area contributed by atoms with E-state index in [1.165, 1.54) is 107 Å². The maximum Gasteiger partial charge on any atom is 0.113 e. The molecule has 2 nitrogen and oxygen atoms in total. The summed E-state index contributed by atoms with van der Waals surface area (Å²) in [6.07, 6.45) is 0. The van der Waals surface area contributed by atoms with Gasteiger partial charge in [-0.05, 0) is 92.4 Å². The molecule has 1 aliphatic heterocycles. The first kappa shape index (κ1) is 33.9. The van der Waals surface area contributed by atoms with Crippen LogP contribution >= 0.6 is 11.3 Å². The van der Waals surface area contributed by atoms with Crippen molar-refractivity contribution in [1.29, 1.82) is 0 Å². The van der Waals surface area contributed by atoms with Crippen molar-refractivity contribution in [2.45, 2.75) is 13.1 Å². The molecule has 4 heterocycles. The van der Waals surface area contributed by atoms with Gasteiger partial charge < -0.3 is 9.30 Å². The van der Waals surface area contributed by atoms with Crippen LogP contribution in [0.2, 0.25) is 13.1 Å². The molecule has 0 amide bonds. The number of thiophene rings is 1. The van der Waals surface area contributed by atoms with Crippen molar-refractivity contribution in [1.82, 2.24) is 4.40 Å². The number of aromatic nitrogens is 1. The second-order valence-electron chi connectivity index (χ2n) is 16.8. The highest BCUT2D eigenvalue weighted by atomic mass is 32.1. The monoisotopic (exact) mass is 798 g/mol. The molecule has 0 fully saturated rings. The summed E-state index contributed by atoms with van der Waals surface area (Å²) in [6.45, 7) is 5.01. The summed E-state index contributed by atoms with van der Waals surface area (Å²) in [7, 11) is -1.93. The average Bonchev–Trinajstić information content (AvgIpc) is 3.93. The van der Waals surface area contributed by atoms with Crippen LogP contribution in [0.5, 0.6) is 0 Å². The molecular formula is C56H38N2SSi. The van der Waals surface area contributed by atoms with Gasteiger partial charge in [-0.2, -0.15) is 0 Å². The third kappa shape index (κ3) is 4.63. The number of hydrogen-bond donors (Lipinski definition) is 0. The molecular weight excluding hydrogens is 761 g/mol. The van der Waals surface area contributed by atoms with Gasteiger partial charge in [0.25, 0.3) is 0 Å². The van der Waals surface area contributed by atoms with Crippen molar-refractivity contribution < 1.29 is 0 Å². The van der Waals surface area contributed by atoms with Crippen LogP contribution in [0.25, 0.3) is 91.3 Å². The summed E-state index contributed by atoms with van der Waals surface area (Å²) in [5, 5.41) is 13.3. The molecule has 13 rings (SSSR count). The van der Waals surface area contributed by atoms with Crippen molar-refractivity contribution in [3.05, 3.63) is 194 Å². The molecule has 0 saturated carbocycles. The predicted octanol–water partition coefficient (Wildman–Crippen LogP) is 14.9. The van der Waals surface area contributed by atoms with E-state index >= 15 is 0 Å². The number of nitrogens with zero attached hydrogens (tertiary/aromatic N) is 2. The maximum atomic E-state index is 2.55. The number of fused-ring (bicyclic) bond motifs is 10. The summed E-state index contributed by atoms with van der Waals surface area (Å²) in [4.78, 5) is 2.52. The minimum absolute atomic E-state index is 1.14. The number of benzene rings is 9. The fraction of sp³-hybridized carbons (Fsp3) is 0.0357. The maximum absolute atomic E-state index is 2.55. The normalized spacial score (nSPS) is 13.3. The van der Waals surface area contributed by atoms with Crippen molar-refractivity contribution in [3.8, 4) is 22.3 Å². The lowest BCUT2D eigenvalue weighted by Crippen LogP contribution is -2.49. The second-order valence-corrected chi connectivity index (χ2v) is 22.2. The minimum atomic E-state index is -1.93. The van der Waals surface area contributed by atoms with Crippen molar-refractivity contribution in [3.63, 3.8) is 0 Å². The van der Waals surface area contributed by atoms with Crippen LogP contribution in [0.15, 0.2) is 194 Å². The molecule has 12 aromatic rings. The molecule has 0 atom stereocenters. The zero-order valence-electron chi connectivity index (χ0n) is 33.3. The van der Waals surface area contributed by atoms with Crippen LogP contribution in [-0.2, 0) is 0 Å². The Kier molecular flexibility index (Phi) is 7.08. The molecule has 4 heteroatoms. The lowest BCUT2D eigenvalue weighted by Gasteiger charge is -2.29. The quantitative estimate of drug-likeness (QED) is 0.161. The molecule has 282 valence electrons. The summed E-state index contributed by atoms with van der Waals surface area (Å²) >= 11 is 1.90. The highest BCUT2D eigenvalue weighted by Crippen LogP contribution is 2.47. The van der Waals surface area contributed by atoms with Crippen LogP contribution in [0.3, 0.4) is 0 Å². The Labute approximate surface area is 352 Å². The second kappa shape index (κ2) is 12.5. The van der Waals surface area contributed by atoms with Crippen LogP contribution in [0, 0.1) is 0 Å². The molecule has 0 aliphatic carbocycles. The van der Waals surface area contributed by atoms with E-state index in [0.717, 1.165) is 11.4 Å². The molecule has 0 bridgehead atoms. The first-order chi connectivity index (χ1) is 29.5. The van der Waals surface area contributed by atoms with E-state index in [1.54, 1.807) is 0 Å². The van der Waals surface area contributed by atoms with Crippen LogP contribution < -0.4 is 15.3 Å². The third-order valence-corrected chi connectivity index (χ3v) is 18.0. The molecule has 0 radical (unpaired) electrons. The molecule has 60 heavy (non-hydrogen) atoms. The first-order valence-electron chi connectivity index (χ1n) is 20.9. The van der Waals surface area contributed by atoms with Gasteiger partial charge in [0.2, 0.25) is 0 Å². The summed E-state index contributed by atoms with van der Waals surface area (Å²) < 4.78 is 5.21. The van der Waals surface area contributed by atoms with Gasteiger partial charge in [-0.25, -0.2) is 0 Å². The summed E-state index contributed by atoms with van der Waals surface area (Å²) in [5.74, 6) is 0. The van der Waals surface area contributed by atoms with E-state index in [0.29, 0.717) is 0 Å². The Balaban J connectivity index is 1.14. The van der Waals surface area contributed by atoms with E-state index in [1.807, 2.05) is 11.3 Å². The van der Waals surface area contributed by atoms with E-state index in [2.05, 4.69) is 217 Å². The topological polar surface area (TPSA) is 7.65 Å². The largest absolute Gasteiger partial charge is 0.310 e. The van der Waals surface area contributed by atoms with Gasteiger partial charge in [0.15, 0.2) is 0 Å². The minimum Gasteiger partial charge on any atom is -0.310 e. The van der Waals surface area contributed by atoms with E-state index in [4.69, 9.17) is 0 Å². The molecule has 9 aromatic carbocycles. The Hall–Kier alpha value is -6.98. The van der Waals surface area contributed by atoms with Gasteiger partial charge in [-0.15, -0.1) is 11.3 Å². The Morgan fingerprint density at radius 2 is 1.00 bits per heavy atom. The van der Waals surface area contributed by atoms with Gasteiger partial charge in [0, 0.05) is 58.7 Å². The highest BCUT2D eigenvalue weighted by Gasteiger charge is 2.39. The standard InChI is InChI=1S/C56H38N2SSi/c1-60(2)51-26-9-7-17-44(51)53-48(23-13-27-52(53)60)57(37-30-28-36(29-31-37)35-14-4-3-5-15-35)38-32-33-47-45(34-38)43-21-10-20-42-41-19-12-25-50-55(41)54-40(18-11-24-49(54)59-50)39-16-6-8-22-46(39)58(47)56(42)43/h3-34H,1-2H3. The van der Waals surface area contributed by atoms with Crippen molar-refractivity contribution in [2.75, 3.05) is 4.90 Å². The van der Waals surface area contributed by atoms with Gasteiger partial charge in [0.05, 0.1) is 22.2 Å². The van der Waals surface area contributed by atoms with Crippen molar-refractivity contribution in [2.24, 2.45) is 0 Å². The fourth-order valence-corrected chi connectivity index (χ4v) is 14.9. The van der Waals surface area contributed by atoms with Gasteiger partial charge in [-0.1, -0.05) is 153 Å². The SMILES string of the molecule is C[Si]1(C)c2ccccc2-c2c(N(c3ccc(-c4ccccc4)cc3)c3ccc4c(c3)c3cccc5c6cccc7sc8cccc(c9ccccc9n4c53)c8c76)cccc21. The van der Waals surface area contributed by atoms with Crippen LogP contribution in [0.1, 0.15) is 0 Å². The molecule has 0 N–H and O–H groups in total. The Morgan fingerprint density at radius 1 is 0.433 bits per heavy atom. The molecule has 0 unspecified atom stereocenters. The zero-order chi connectivity index (χ0) is 39.7. The van der Waals surface area contributed by atoms with E-state index in [-0.39, 0.29) is 0 Å². The lowest BCUT2D eigenvalue weighted by molar-refractivity contribution is 1.29. The summed E-state index contributed by atoms with van der Waals surface area (Å²) in [5.41, 5.74) is 12.3. The highest BCUT2D eigenvalue weighted by molar-refractivity contribution is 7.26. The number of anilines is 3. The van der Waals surface area contributed by atoms with Gasteiger partial charge in [0.1, 0.15) is 8.07 Å². The van der Waals surface area contributed by atoms with E-state index < -0.39 is 8.07 Å². The number of rotatable bonds is 4. The zero-order valence-corrected chi connectivity index (χ0v) is 35.1. The van der Waals surface area contributed by atoms with Gasteiger partial charge >= 0.3 is 0 Å². The average molecular weight is 799 g/mol. The molecule has 0 spiro atoms. The Bertz CT molecular complexity index is 3740. The van der Waals surface area contributed by atoms with E-state index in [9.17, 15) is 0 Å². The number of hydrogen-bond acceptors (Lipinski definition) is 2. The van der Waals surface area contributed by atoms with Gasteiger partial charge in [-0.3, -0.25) is 0 Å². The third-order valence-electron chi connectivity index (χ3n) is 13.3. The van der Waals surface area contributed by atoms with Crippen LogP contribution in [0.4, 0.5) is 17.1 Å². The van der Waals surface area contributed by atoms with Crippen molar-refractivity contribution >= 4 is 116 Å². The number of para-hydroxylation sites is 2. The Morgan fingerprint density at radius 3 is 1.80 bits per heavy atom. The molecule has 3 aromatic heterocycles. The smallest absolute Gasteiger partial charge is 0.113 e. The first-order valence-corrected chi connectivity index (χ1v) is 24.7.